The van der Waals surface area contributed by atoms with Gasteiger partial charge in [-0.15, -0.1) is 0 Å². The Hall–Kier alpha value is -0.0800. The molecule has 2 nitrogen and oxygen atoms in total. The second-order valence-electron chi connectivity index (χ2n) is 6.43. The topological polar surface area (TPSA) is 15.3 Å². The Morgan fingerprint density at radius 2 is 1.28 bits per heavy atom. The Balaban J connectivity index is 3.61. The molecule has 2 heteroatoms. The highest BCUT2D eigenvalue weighted by molar-refractivity contribution is 4.70. The minimum Gasteiger partial charge on any atom is -0.312 e. The lowest BCUT2D eigenvalue weighted by molar-refractivity contribution is 0.258. The number of nitrogens with one attached hydrogen (secondary N) is 1. The van der Waals surface area contributed by atoms with Crippen LogP contribution < -0.4 is 5.32 Å². The van der Waals surface area contributed by atoms with Gasteiger partial charge in [-0.05, 0) is 72.6 Å². The third-order valence-electron chi connectivity index (χ3n) is 3.21. The Labute approximate surface area is 116 Å². The summed E-state index contributed by atoms with van der Waals surface area (Å²) < 4.78 is 0. The predicted octanol–water partition coefficient (Wildman–Crippen LogP) is 4.06. The maximum absolute atomic E-state index is 3.56. The van der Waals surface area contributed by atoms with Crippen LogP contribution in [0.2, 0.25) is 0 Å². The Kier molecular flexibility index (Phi) is 10.8. The first-order valence-corrected chi connectivity index (χ1v) is 7.97. The van der Waals surface area contributed by atoms with Gasteiger partial charge in [-0.1, -0.05) is 26.7 Å². The van der Waals surface area contributed by atoms with Gasteiger partial charge >= 0.3 is 0 Å². The van der Waals surface area contributed by atoms with E-state index in [0.29, 0.717) is 0 Å². The highest BCUT2D eigenvalue weighted by atomic mass is 15.1. The summed E-state index contributed by atoms with van der Waals surface area (Å²) in [6, 6.07) is 0. The Morgan fingerprint density at radius 3 is 1.72 bits per heavy atom. The maximum atomic E-state index is 3.56. The van der Waals surface area contributed by atoms with E-state index in [0.717, 1.165) is 6.54 Å². The van der Waals surface area contributed by atoms with Crippen molar-refractivity contribution in [3.05, 3.63) is 0 Å². The van der Waals surface area contributed by atoms with Crippen molar-refractivity contribution in [2.45, 2.75) is 78.7 Å². The number of rotatable bonds is 11. The summed E-state index contributed by atoms with van der Waals surface area (Å²) in [6.07, 6.45) is 7.96. The normalized spacial score (nSPS) is 12.3. The number of nitrogens with zero attached hydrogens (tertiary/aromatic N) is 1. The molecule has 0 bridgehead atoms. The zero-order chi connectivity index (χ0) is 13.9. The van der Waals surface area contributed by atoms with Crippen molar-refractivity contribution in [1.29, 1.82) is 0 Å². The molecule has 0 atom stereocenters. The van der Waals surface area contributed by atoms with Gasteiger partial charge in [-0.25, -0.2) is 0 Å². The van der Waals surface area contributed by atoms with Crippen LogP contribution in [0, 0.1) is 0 Å². The standard InChI is InChI=1S/C16H36N2/c1-6-8-13-18(14-9-7-2)15-11-10-12-17-16(3,4)5/h17H,6-15H2,1-5H3. The SMILES string of the molecule is CCCCN(CCCC)CCCCNC(C)(C)C. The van der Waals surface area contributed by atoms with Gasteiger partial charge in [0.15, 0.2) is 0 Å². The van der Waals surface area contributed by atoms with Gasteiger partial charge in [0.2, 0.25) is 0 Å². The van der Waals surface area contributed by atoms with Crippen molar-refractivity contribution in [3.8, 4) is 0 Å². The van der Waals surface area contributed by atoms with Gasteiger partial charge in [0.25, 0.3) is 0 Å². The van der Waals surface area contributed by atoms with Gasteiger partial charge in [0.05, 0.1) is 0 Å². The van der Waals surface area contributed by atoms with Crippen LogP contribution in [0.5, 0.6) is 0 Å². The summed E-state index contributed by atoms with van der Waals surface area (Å²) in [5.41, 5.74) is 0.268. The summed E-state index contributed by atoms with van der Waals surface area (Å²) in [5, 5.41) is 3.56. The molecule has 0 spiro atoms. The van der Waals surface area contributed by atoms with E-state index in [4.69, 9.17) is 0 Å². The first kappa shape index (κ1) is 17.9. The first-order valence-electron chi connectivity index (χ1n) is 7.97. The molecule has 18 heavy (non-hydrogen) atoms. The zero-order valence-electron chi connectivity index (χ0n) is 13.5. The zero-order valence-corrected chi connectivity index (χ0v) is 13.5. The fraction of sp³-hybridized carbons (Fsp3) is 1.00. The molecule has 0 heterocycles. The van der Waals surface area contributed by atoms with Crippen molar-refractivity contribution >= 4 is 0 Å². The maximum Gasteiger partial charge on any atom is 0.00965 e. The molecule has 0 fully saturated rings. The van der Waals surface area contributed by atoms with Gasteiger partial charge in [-0.2, -0.15) is 0 Å². The molecule has 0 aromatic carbocycles. The molecule has 0 saturated carbocycles. The van der Waals surface area contributed by atoms with E-state index in [1.165, 1.54) is 58.2 Å². The van der Waals surface area contributed by atoms with E-state index in [2.05, 4.69) is 44.8 Å². The summed E-state index contributed by atoms with van der Waals surface area (Å²) in [5.74, 6) is 0. The van der Waals surface area contributed by atoms with E-state index < -0.39 is 0 Å². The number of hydrogen-bond acceptors (Lipinski definition) is 2. The number of hydrogen-bond donors (Lipinski definition) is 1. The second-order valence-corrected chi connectivity index (χ2v) is 6.43. The monoisotopic (exact) mass is 256 g/mol. The Morgan fingerprint density at radius 1 is 0.778 bits per heavy atom. The van der Waals surface area contributed by atoms with Gasteiger partial charge in [-0.3, -0.25) is 0 Å². The minimum atomic E-state index is 0.268. The van der Waals surface area contributed by atoms with Crippen molar-refractivity contribution in [1.82, 2.24) is 10.2 Å². The van der Waals surface area contributed by atoms with E-state index >= 15 is 0 Å². The molecule has 0 unspecified atom stereocenters. The van der Waals surface area contributed by atoms with Crippen LogP contribution in [-0.4, -0.2) is 36.6 Å². The molecule has 0 aromatic rings. The third-order valence-corrected chi connectivity index (χ3v) is 3.21. The van der Waals surface area contributed by atoms with Gasteiger partial charge in [0, 0.05) is 5.54 Å². The van der Waals surface area contributed by atoms with E-state index in [9.17, 15) is 0 Å². The fourth-order valence-electron chi connectivity index (χ4n) is 2.02. The van der Waals surface area contributed by atoms with Crippen molar-refractivity contribution in [2.24, 2.45) is 0 Å². The molecule has 0 aliphatic heterocycles. The lowest BCUT2D eigenvalue weighted by Gasteiger charge is -2.23. The largest absolute Gasteiger partial charge is 0.312 e. The summed E-state index contributed by atoms with van der Waals surface area (Å²) in [7, 11) is 0. The highest BCUT2D eigenvalue weighted by Crippen LogP contribution is 2.03. The molecule has 0 saturated heterocycles. The van der Waals surface area contributed by atoms with Crippen molar-refractivity contribution < 1.29 is 0 Å². The molecule has 0 amide bonds. The average Bonchev–Trinajstić information content (AvgIpc) is 2.29. The van der Waals surface area contributed by atoms with E-state index in [1.807, 2.05) is 0 Å². The van der Waals surface area contributed by atoms with Crippen LogP contribution in [0.1, 0.15) is 73.1 Å². The summed E-state index contributed by atoms with van der Waals surface area (Å²) in [6.45, 7) is 16.3. The molecule has 0 radical (unpaired) electrons. The lowest BCUT2D eigenvalue weighted by atomic mass is 10.1. The van der Waals surface area contributed by atoms with Crippen LogP contribution in [0.25, 0.3) is 0 Å². The molecular formula is C16H36N2. The molecule has 110 valence electrons. The van der Waals surface area contributed by atoms with E-state index in [1.54, 1.807) is 0 Å². The predicted molar refractivity (Wildman–Crippen MR) is 83.2 cm³/mol. The summed E-state index contributed by atoms with van der Waals surface area (Å²) in [4.78, 5) is 2.66. The van der Waals surface area contributed by atoms with Crippen LogP contribution in [0.4, 0.5) is 0 Å². The summed E-state index contributed by atoms with van der Waals surface area (Å²) >= 11 is 0. The molecule has 0 aromatic heterocycles. The van der Waals surface area contributed by atoms with Gasteiger partial charge < -0.3 is 10.2 Å². The van der Waals surface area contributed by atoms with Crippen molar-refractivity contribution in [3.63, 3.8) is 0 Å². The highest BCUT2D eigenvalue weighted by Gasteiger charge is 2.08. The molecule has 0 rings (SSSR count). The smallest absolute Gasteiger partial charge is 0.00965 e. The lowest BCUT2D eigenvalue weighted by Crippen LogP contribution is -2.36. The minimum absolute atomic E-state index is 0.268. The molecule has 1 N–H and O–H groups in total. The quantitative estimate of drug-likeness (QED) is 0.561. The van der Waals surface area contributed by atoms with Crippen LogP contribution in [-0.2, 0) is 0 Å². The van der Waals surface area contributed by atoms with Gasteiger partial charge in [0.1, 0.15) is 0 Å². The third kappa shape index (κ3) is 12.4. The van der Waals surface area contributed by atoms with Crippen LogP contribution >= 0.6 is 0 Å². The van der Waals surface area contributed by atoms with Crippen molar-refractivity contribution in [2.75, 3.05) is 26.2 Å². The first-order chi connectivity index (χ1) is 8.49. The molecule has 0 aliphatic carbocycles. The van der Waals surface area contributed by atoms with E-state index in [-0.39, 0.29) is 5.54 Å². The Bertz CT molecular complexity index is 164. The fourth-order valence-corrected chi connectivity index (χ4v) is 2.02. The second kappa shape index (κ2) is 10.8. The van der Waals surface area contributed by atoms with Crippen LogP contribution in [0.3, 0.4) is 0 Å². The number of unbranched alkanes of at least 4 members (excludes halogenated alkanes) is 3. The molecule has 0 aliphatic rings. The average molecular weight is 256 g/mol. The van der Waals surface area contributed by atoms with Crippen LogP contribution in [0.15, 0.2) is 0 Å². The molecular weight excluding hydrogens is 220 g/mol.